The van der Waals surface area contributed by atoms with Gasteiger partial charge in [-0.05, 0) is 31.5 Å². The molecule has 19 heavy (non-hydrogen) atoms. The highest BCUT2D eigenvalue weighted by molar-refractivity contribution is 5.51. The average Bonchev–Trinajstić information content (AvgIpc) is 2.75. The maximum absolute atomic E-state index is 8.43. The van der Waals surface area contributed by atoms with Gasteiger partial charge in [0, 0.05) is 6.54 Å². The first-order chi connectivity index (χ1) is 9.20. The second kappa shape index (κ2) is 5.91. The molecule has 0 fully saturated rings. The zero-order chi connectivity index (χ0) is 13.7. The molecule has 5 heteroatoms. The van der Waals surface area contributed by atoms with Crippen LogP contribution in [0.5, 0.6) is 5.75 Å². The molecule has 0 radical (unpaired) electrons. The van der Waals surface area contributed by atoms with Crippen LogP contribution in [0.3, 0.4) is 0 Å². The second-order valence-electron chi connectivity index (χ2n) is 4.25. The van der Waals surface area contributed by atoms with Crippen molar-refractivity contribution < 1.29 is 4.74 Å². The molecule has 5 nitrogen and oxygen atoms in total. The number of anilines is 1. The van der Waals surface area contributed by atoms with E-state index in [1.807, 2.05) is 44.2 Å². The summed E-state index contributed by atoms with van der Waals surface area (Å²) in [4.78, 5) is 0. The smallest absolute Gasteiger partial charge is 0.174 e. The molecule has 0 aliphatic heterocycles. The molecule has 0 amide bonds. The maximum Gasteiger partial charge on any atom is 0.174 e. The van der Waals surface area contributed by atoms with Gasteiger partial charge in [-0.2, -0.15) is 10.4 Å². The highest BCUT2D eigenvalue weighted by Gasteiger charge is 2.05. The third-order valence-corrected chi connectivity index (χ3v) is 2.82. The largest absolute Gasteiger partial charge is 0.479 e. The third-order valence-electron chi connectivity index (χ3n) is 2.82. The fraction of sp³-hybridized carbons (Fsp3) is 0.286. The van der Waals surface area contributed by atoms with Crippen molar-refractivity contribution in [3.8, 4) is 11.8 Å². The number of hydrogen-bond donors (Lipinski definition) is 2. The fourth-order valence-corrected chi connectivity index (χ4v) is 1.82. The lowest BCUT2D eigenvalue weighted by Gasteiger charge is -2.07. The van der Waals surface area contributed by atoms with Gasteiger partial charge < -0.3 is 10.1 Å². The van der Waals surface area contributed by atoms with Crippen LogP contribution in [0.25, 0.3) is 0 Å². The number of aromatic nitrogens is 2. The number of nitriles is 1. The molecule has 1 heterocycles. The van der Waals surface area contributed by atoms with Gasteiger partial charge in [0.1, 0.15) is 11.8 Å². The quantitative estimate of drug-likeness (QED) is 0.862. The predicted molar refractivity (Wildman–Crippen MR) is 72.9 cm³/mol. The molecule has 0 spiro atoms. The van der Waals surface area contributed by atoms with Crippen LogP contribution in [0.15, 0.2) is 24.3 Å². The third kappa shape index (κ3) is 3.26. The maximum atomic E-state index is 8.43. The van der Waals surface area contributed by atoms with Gasteiger partial charge in [0.2, 0.25) is 0 Å². The van der Waals surface area contributed by atoms with E-state index in [2.05, 4.69) is 15.5 Å². The lowest BCUT2D eigenvalue weighted by atomic mass is 10.2. The minimum atomic E-state index is 0.0744. The molecule has 1 aromatic heterocycles. The Morgan fingerprint density at radius 2 is 2.05 bits per heavy atom. The predicted octanol–water partition coefficient (Wildman–Crippen LogP) is 2.54. The van der Waals surface area contributed by atoms with E-state index in [1.54, 1.807) is 0 Å². The normalized spacial score (nSPS) is 9.95. The molecule has 2 rings (SSSR count). The van der Waals surface area contributed by atoms with E-state index in [-0.39, 0.29) is 6.61 Å². The number of ether oxygens (including phenoxy) is 1. The van der Waals surface area contributed by atoms with E-state index in [0.29, 0.717) is 5.75 Å². The van der Waals surface area contributed by atoms with Crippen molar-refractivity contribution in [2.75, 3.05) is 11.9 Å². The van der Waals surface area contributed by atoms with Gasteiger partial charge in [-0.25, -0.2) is 0 Å². The van der Waals surface area contributed by atoms with E-state index in [1.165, 1.54) is 0 Å². The SMILES string of the molecule is Cc1n[nH]c(C)c1NCc1ccc(OCC#N)cc1. The summed E-state index contributed by atoms with van der Waals surface area (Å²) >= 11 is 0. The number of aryl methyl sites for hydroxylation is 2. The molecular weight excluding hydrogens is 240 g/mol. The lowest BCUT2D eigenvalue weighted by molar-refractivity contribution is 0.368. The number of benzene rings is 1. The molecule has 2 N–H and O–H groups in total. The van der Waals surface area contributed by atoms with Gasteiger partial charge in [-0.15, -0.1) is 0 Å². The topological polar surface area (TPSA) is 73.7 Å². The summed E-state index contributed by atoms with van der Waals surface area (Å²) in [6.45, 7) is 4.75. The average molecular weight is 256 g/mol. The molecule has 98 valence electrons. The van der Waals surface area contributed by atoms with Gasteiger partial charge in [-0.3, -0.25) is 5.10 Å². The van der Waals surface area contributed by atoms with E-state index in [0.717, 1.165) is 29.2 Å². The molecule has 2 aromatic rings. The summed E-state index contributed by atoms with van der Waals surface area (Å²) in [7, 11) is 0. The first-order valence-electron chi connectivity index (χ1n) is 6.05. The Hall–Kier alpha value is -2.48. The number of nitrogens with zero attached hydrogens (tertiary/aromatic N) is 2. The van der Waals surface area contributed by atoms with Crippen LogP contribution in [0, 0.1) is 25.2 Å². The Morgan fingerprint density at radius 1 is 1.32 bits per heavy atom. The van der Waals surface area contributed by atoms with E-state index in [4.69, 9.17) is 10.00 Å². The number of rotatable bonds is 5. The van der Waals surface area contributed by atoms with Crippen LogP contribution in [0.2, 0.25) is 0 Å². The zero-order valence-electron chi connectivity index (χ0n) is 11.0. The van der Waals surface area contributed by atoms with Gasteiger partial charge in [-0.1, -0.05) is 12.1 Å². The first-order valence-corrected chi connectivity index (χ1v) is 6.05. The van der Waals surface area contributed by atoms with Crippen LogP contribution >= 0.6 is 0 Å². The number of H-pyrrole nitrogens is 1. The molecule has 0 aliphatic carbocycles. The van der Waals surface area contributed by atoms with Gasteiger partial charge in [0.25, 0.3) is 0 Å². The second-order valence-corrected chi connectivity index (χ2v) is 4.25. The van der Waals surface area contributed by atoms with Crippen molar-refractivity contribution in [2.45, 2.75) is 20.4 Å². The number of nitrogens with one attached hydrogen (secondary N) is 2. The molecular formula is C14H16N4O. The Balaban J connectivity index is 1.95. The van der Waals surface area contributed by atoms with Crippen molar-refractivity contribution in [2.24, 2.45) is 0 Å². The summed E-state index contributed by atoms with van der Waals surface area (Å²) in [5.74, 6) is 0.709. The Morgan fingerprint density at radius 3 is 2.63 bits per heavy atom. The van der Waals surface area contributed by atoms with Crippen molar-refractivity contribution >= 4 is 5.69 Å². The Bertz CT molecular complexity index is 561. The number of aromatic amines is 1. The van der Waals surface area contributed by atoms with Crippen LogP contribution in [0.1, 0.15) is 17.0 Å². The number of hydrogen-bond acceptors (Lipinski definition) is 4. The minimum absolute atomic E-state index is 0.0744. The van der Waals surface area contributed by atoms with Gasteiger partial charge in [0.15, 0.2) is 6.61 Å². The standard InChI is InChI=1S/C14H16N4O/c1-10-14(11(2)18-17-10)16-9-12-3-5-13(6-4-12)19-8-7-15/h3-6,16H,8-9H2,1-2H3,(H,17,18). The minimum Gasteiger partial charge on any atom is -0.479 e. The van der Waals surface area contributed by atoms with E-state index < -0.39 is 0 Å². The van der Waals surface area contributed by atoms with Crippen LogP contribution in [0.4, 0.5) is 5.69 Å². The summed E-state index contributed by atoms with van der Waals surface area (Å²) in [5, 5.41) is 18.9. The summed E-state index contributed by atoms with van der Waals surface area (Å²) < 4.78 is 5.20. The van der Waals surface area contributed by atoms with Crippen molar-refractivity contribution in [1.29, 1.82) is 5.26 Å². The molecule has 0 saturated heterocycles. The first kappa shape index (κ1) is 13.0. The fourth-order valence-electron chi connectivity index (χ4n) is 1.82. The molecule has 0 bridgehead atoms. The summed E-state index contributed by atoms with van der Waals surface area (Å²) in [5.41, 5.74) is 4.19. The van der Waals surface area contributed by atoms with Crippen LogP contribution in [-0.4, -0.2) is 16.8 Å². The summed E-state index contributed by atoms with van der Waals surface area (Å²) in [6, 6.07) is 9.62. The zero-order valence-corrected chi connectivity index (χ0v) is 11.0. The summed E-state index contributed by atoms with van der Waals surface area (Å²) in [6.07, 6.45) is 0. The van der Waals surface area contributed by atoms with Crippen LogP contribution < -0.4 is 10.1 Å². The van der Waals surface area contributed by atoms with Crippen LogP contribution in [-0.2, 0) is 6.54 Å². The van der Waals surface area contributed by atoms with Crippen molar-refractivity contribution in [1.82, 2.24) is 10.2 Å². The van der Waals surface area contributed by atoms with E-state index in [9.17, 15) is 0 Å². The van der Waals surface area contributed by atoms with E-state index >= 15 is 0 Å². The highest BCUT2D eigenvalue weighted by Crippen LogP contribution is 2.18. The van der Waals surface area contributed by atoms with Gasteiger partial charge in [0.05, 0.1) is 17.1 Å². The molecule has 0 atom stereocenters. The van der Waals surface area contributed by atoms with Gasteiger partial charge >= 0.3 is 0 Å². The molecule has 0 aliphatic rings. The monoisotopic (exact) mass is 256 g/mol. The molecule has 1 aromatic carbocycles. The lowest BCUT2D eigenvalue weighted by Crippen LogP contribution is -2.01. The van der Waals surface area contributed by atoms with Crippen molar-refractivity contribution in [3.63, 3.8) is 0 Å². The highest BCUT2D eigenvalue weighted by atomic mass is 16.5. The molecule has 0 saturated carbocycles. The molecule has 0 unspecified atom stereocenters. The van der Waals surface area contributed by atoms with Crippen molar-refractivity contribution in [3.05, 3.63) is 41.2 Å². The Labute approximate surface area is 112 Å². The Kier molecular flexibility index (Phi) is 4.04.